The predicted octanol–water partition coefficient (Wildman–Crippen LogP) is -6.76. The SMILES string of the molecule is COc1ccc(-c2c(Cl)ncn2-c2ccc(S(=O)(=O)[N-]P(=O)([O-])[O-])cc2)cc1F.[Na+].[Na+].[Na+]. The second kappa shape index (κ2) is 13.2. The van der Waals surface area contributed by atoms with Crippen LogP contribution in [-0.4, -0.2) is 25.1 Å². The van der Waals surface area contributed by atoms with Crippen LogP contribution in [0.5, 0.6) is 5.75 Å². The summed E-state index contributed by atoms with van der Waals surface area (Å²) in [7, 11) is -8.96. The molecule has 9 nitrogen and oxygen atoms in total. The van der Waals surface area contributed by atoms with Crippen LogP contribution in [0.3, 0.4) is 0 Å². The Kier molecular flexibility index (Phi) is 13.5. The van der Waals surface area contributed by atoms with E-state index in [2.05, 4.69) is 9.48 Å². The molecule has 2 aromatic carbocycles. The van der Waals surface area contributed by atoms with Gasteiger partial charge in [0.2, 0.25) is 0 Å². The zero-order valence-electron chi connectivity index (χ0n) is 17.5. The zero-order chi connectivity index (χ0) is 21.4. The Bertz CT molecular complexity index is 1220. The van der Waals surface area contributed by atoms with Crippen LogP contribution in [0.25, 0.3) is 21.4 Å². The zero-order valence-corrected chi connectivity index (χ0v) is 26.0. The van der Waals surface area contributed by atoms with Crippen molar-refractivity contribution in [2.75, 3.05) is 7.11 Å². The summed E-state index contributed by atoms with van der Waals surface area (Å²) < 4.78 is 57.1. The van der Waals surface area contributed by atoms with E-state index in [0.29, 0.717) is 16.9 Å². The van der Waals surface area contributed by atoms with Gasteiger partial charge < -0.3 is 23.6 Å². The summed E-state index contributed by atoms with van der Waals surface area (Å²) in [6.45, 7) is 0. The topological polar surface area (TPSA) is 138 Å². The van der Waals surface area contributed by atoms with Gasteiger partial charge in [-0.1, -0.05) is 11.6 Å². The fourth-order valence-electron chi connectivity index (χ4n) is 2.55. The molecule has 0 N–H and O–H groups in total. The first-order chi connectivity index (χ1) is 13.5. The molecular formula is C16H11ClFN3Na3O6PS. The van der Waals surface area contributed by atoms with Crippen LogP contribution in [0.2, 0.25) is 5.15 Å². The molecular weight excluding hydrogens is 517 g/mol. The number of ether oxygens (including phenoxy) is 1. The third kappa shape index (κ3) is 7.87. The quantitative estimate of drug-likeness (QED) is 0.229. The maximum absolute atomic E-state index is 14.1. The van der Waals surface area contributed by atoms with Gasteiger partial charge in [0, 0.05) is 16.1 Å². The Hall–Kier alpha value is 0.730. The minimum Gasteiger partial charge on any atom is -0.826 e. The van der Waals surface area contributed by atoms with Crippen molar-refractivity contribution >= 4 is 29.4 Å². The van der Waals surface area contributed by atoms with Crippen molar-refractivity contribution in [3.05, 3.63) is 64.3 Å². The molecule has 3 aromatic rings. The van der Waals surface area contributed by atoms with Crippen molar-refractivity contribution in [3.63, 3.8) is 0 Å². The van der Waals surface area contributed by atoms with E-state index in [1.165, 1.54) is 42.3 Å². The van der Waals surface area contributed by atoms with Crippen LogP contribution in [0.15, 0.2) is 53.7 Å². The maximum Gasteiger partial charge on any atom is 1.00 e. The molecule has 154 valence electrons. The molecule has 0 unspecified atom stereocenters. The smallest absolute Gasteiger partial charge is 0.826 e. The number of imidazole rings is 1. The van der Waals surface area contributed by atoms with Crippen LogP contribution in [0.1, 0.15) is 0 Å². The second-order valence-electron chi connectivity index (χ2n) is 5.62. The number of aromatic nitrogens is 2. The van der Waals surface area contributed by atoms with Crippen LogP contribution in [0.4, 0.5) is 4.39 Å². The fraction of sp³-hybridized carbons (Fsp3) is 0.0625. The molecule has 0 fully saturated rings. The molecule has 0 saturated heterocycles. The van der Waals surface area contributed by atoms with Gasteiger partial charge in [-0.25, -0.2) is 17.8 Å². The number of methoxy groups -OCH3 is 1. The first kappa shape index (κ1) is 32.7. The van der Waals surface area contributed by atoms with Crippen LogP contribution in [-0.2, 0) is 14.6 Å². The van der Waals surface area contributed by atoms with Crippen LogP contribution < -0.4 is 103 Å². The molecule has 16 heteroatoms. The molecule has 0 aliphatic rings. The van der Waals surface area contributed by atoms with E-state index < -0.39 is 28.5 Å². The number of hydrogen-bond acceptors (Lipinski definition) is 7. The Morgan fingerprint density at radius 1 is 1.12 bits per heavy atom. The van der Waals surface area contributed by atoms with Gasteiger partial charge in [0.15, 0.2) is 16.7 Å². The molecule has 0 saturated carbocycles. The summed E-state index contributed by atoms with van der Waals surface area (Å²) in [4.78, 5) is 24.8. The standard InChI is InChI=1S/C16H13ClFN3O6PS.3Na/c1-27-14-7-2-10(8-13(14)18)15-16(17)19-9-21(15)11-3-5-12(6-4-11)29(25,26)20-28(22,23)24;;;/h2-9H,1H3,(H2-,20,22,23,24);;;/q-1;3*+1/p-2. The summed E-state index contributed by atoms with van der Waals surface area (Å²) in [6.07, 6.45) is 1.34. The predicted molar refractivity (Wildman–Crippen MR) is 98.7 cm³/mol. The van der Waals surface area contributed by atoms with Crippen molar-refractivity contribution < 1.29 is 121 Å². The van der Waals surface area contributed by atoms with Gasteiger partial charge in [-0.15, -0.1) is 0 Å². The van der Waals surface area contributed by atoms with E-state index in [1.54, 1.807) is 6.07 Å². The molecule has 32 heavy (non-hydrogen) atoms. The molecule has 3 rings (SSSR count). The van der Waals surface area contributed by atoms with Crippen molar-refractivity contribution in [2.24, 2.45) is 0 Å². The summed E-state index contributed by atoms with van der Waals surface area (Å²) in [5, 5.41) is 0.0694. The third-order valence-corrected chi connectivity index (χ3v) is 6.57. The van der Waals surface area contributed by atoms with E-state index in [1.807, 2.05) is 0 Å². The fourth-order valence-corrected chi connectivity index (χ4v) is 4.71. The van der Waals surface area contributed by atoms with Gasteiger partial charge in [0.05, 0.1) is 12.8 Å². The van der Waals surface area contributed by atoms with Gasteiger partial charge in [-0.05, 0) is 42.5 Å². The van der Waals surface area contributed by atoms with Gasteiger partial charge in [-0.2, -0.15) is 7.75 Å². The summed E-state index contributed by atoms with van der Waals surface area (Å²) in [5.74, 6) is -0.570. The second-order valence-corrected chi connectivity index (χ2v) is 8.99. The van der Waals surface area contributed by atoms with E-state index in [0.717, 1.165) is 12.1 Å². The monoisotopic (exact) mass is 527 g/mol. The van der Waals surface area contributed by atoms with Crippen LogP contribution in [0, 0.1) is 5.82 Å². The van der Waals surface area contributed by atoms with E-state index >= 15 is 0 Å². The van der Waals surface area contributed by atoms with E-state index in [9.17, 15) is 27.2 Å². The molecule has 0 bridgehead atoms. The average molecular weight is 528 g/mol. The molecule has 0 atom stereocenters. The normalized spacial score (nSPS) is 11.0. The van der Waals surface area contributed by atoms with E-state index in [-0.39, 0.29) is 99.6 Å². The molecule has 0 spiro atoms. The number of hydrogen-bond donors (Lipinski definition) is 0. The number of benzene rings is 2. The summed E-state index contributed by atoms with van der Waals surface area (Å²) in [5.41, 5.74) is 1.11. The minimum atomic E-state index is -5.62. The molecule has 0 aliphatic carbocycles. The number of rotatable bonds is 6. The molecule has 1 aromatic heterocycles. The first-order valence-corrected chi connectivity index (χ1v) is 11.0. The van der Waals surface area contributed by atoms with Gasteiger partial charge in [0.1, 0.15) is 16.4 Å². The van der Waals surface area contributed by atoms with E-state index in [4.69, 9.17) is 16.3 Å². The number of nitrogens with zero attached hydrogens (tertiary/aromatic N) is 3. The largest absolute Gasteiger partial charge is 1.00 e. The summed E-state index contributed by atoms with van der Waals surface area (Å²) >= 11 is 6.13. The molecule has 0 aliphatic heterocycles. The minimum absolute atomic E-state index is 0. The summed E-state index contributed by atoms with van der Waals surface area (Å²) in [6, 6.07) is 8.97. The van der Waals surface area contributed by atoms with Crippen molar-refractivity contribution in [1.29, 1.82) is 0 Å². The van der Waals surface area contributed by atoms with Crippen LogP contribution >= 0.6 is 19.3 Å². The maximum atomic E-state index is 14.1. The van der Waals surface area contributed by atoms with Crippen molar-refractivity contribution in [1.82, 2.24) is 9.55 Å². The van der Waals surface area contributed by atoms with Gasteiger partial charge in [0.25, 0.3) is 0 Å². The average Bonchev–Trinajstić information content (AvgIpc) is 3.01. The molecule has 0 amide bonds. The Balaban J connectivity index is 0.00000320. The Morgan fingerprint density at radius 2 is 1.72 bits per heavy atom. The van der Waals surface area contributed by atoms with Gasteiger partial charge in [-0.3, -0.25) is 4.57 Å². The third-order valence-electron chi connectivity index (χ3n) is 3.77. The van der Waals surface area contributed by atoms with Crippen molar-refractivity contribution in [3.8, 4) is 22.7 Å². The Labute approximate surface area is 255 Å². The Morgan fingerprint density at radius 3 is 2.22 bits per heavy atom. The first-order valence-electron chi connectivity index (χ1n) is 7.70. The van der Waals surface area contributed by atoms with Crippen molar-refractivity contribution in [2.45, 2.75) is 4.90 Å². The molecule has 1 heterocycles. The van der Waals surface area contributed by atoms with Gasteiger partial charge >= 0.3 is 88.7 Å². The molecule has 0 radical (unpaired) electrons. The number of halogens is 2. The number of sulfonamides is 1.